The Bertz CT molecular complexity index is 1350. The maximum atomic E-state index is 12.8. The van der Waals surface area contributed by atoms with Crippen molar-refractivity contribution < 1.29 is 18.7 Å². The Morgan fingerprint density at radius 1 is 0.935 bits per heavy atom. The van der Waals surface area contributed by atoms with Crippen molar-refractivity contribution in [3.05, 3.63) is 87.7 Å². The van der Waals surface area contributed by atoms with Crippen LogP contribution < -0.4 is 20.4 Å². The summed E-state index contributed by atoms with van der Waals surface area (Å²) in [5.74, 6) is 0.535. The van der Waals surface area contributed by atoms with E-state index in [4.69, 9.17) is 25.5 Å². The largest absolute Gasteiger partial charge is 0.495 e. The number of amides is 1. The monoisotopic (exact) mass is 435 g/mol. The van der Waals surface area contributed by atoms with E-state index in [2.05, 4.69) is 5.32 Å². The van der Waals surface area contributed by atoms with Crippen molar-refractivity contribution in [1.82, 2.24) is 0 Å². The molecule has 3 aromatic carbocycles. The number of methoxy groups -OCH3 is 2. The van der Waals surface area contributed by atoms with Crippen LogP contribution in [-0.2, 0) is 0 Å². The van der Waals surface area contributed by atoms with Crippen LogP contribution in [0.15, 0.2) is 75.9 Å². The predicted molar refractivity (Wildman–Crippen MR) is 120 cm³/mol. The minimum absolute atomic E-state index is 0.324. The van der Waals surface area contributed by atoms with Crippen LogP contribution in [0, 0.1) is 0 Å². The average molecular weight is 436 g/mol. The minimum atomic E-state index is -0.469. The van der Waals surface area contributed by atoms with Gasteiger partial charge in [-0.3, -0.25) is 4.79 Å². The third kappa shape index (κ3) is 4.11. The van der Waals surface area contributed by atoms with E-state index in [1.807, 2.05) is 12.1 Å². The summed E-state index contributed by atoms with van der Waals surface area (Å²) in [4.78, 5) is 25.3. The van der Waals surface area contributed by atoms with Gasteiger partial charge in [0.25, 0.3) is 5.91 Å². The predicted octanol–water partition coefficient (Wildman–Crippen LogP) is 5.38. The number of para-hydroxylation sites is 1. The van der Waals surface area contributed by atoms with Gasteiger partial charge in [0, 0.05) is 10.9 Å². The molecule has 4 rings (SSSR count). The van der Waals surface area contributed by atoms with E-state index in [0.29, 0.717) is 44.5 Å². The van der Waals surface area contributed by atoms with Gasteiger partial charge in [0.2, 0.25) is 0 Å². The fourth-order valence-electron chi connectivity index (χ4n) is 3.24. The van der Waals surface area contributed by atoms with Crippen LogP contribution >= 0.6 is 11.6 Å². The standard InChI is InChI=1S/C24H18ClNO5/c1-29-21-9-8-16(12-18(21)25)23(27)26-19-13-14(7-10-22(19)30-2)17-11-15-5-3-4-6-20(15)31-24(17)28/h3-13H,1-2H3,(H,26,27). The van der Waals surface area contributed by atoms with Gasteiger partial charge < -0.3 is 19.2 Å². The Hall–Kier alpha value is -3.77. The van der Waals surface area contributed by atoms with Gasteiger partial charge in [-0.05, 0) is 48.0 Å². The molecule has 1 heterocycles. The zero-order valence-corrected chi connectivity index (χ0v) is 17.5. The van der Waals surface area contributed by atoms with E-state index in [0.717, 1.165) is 5.39 Å². The smallest absolute Gasteiger partial charge is 0.344 e. The van der Waals surface area contributed by atoms with Gasteiger partial charge in [-0.25, -0.2) is 4.79 Å². The van der Waals surface area contributed by atoms with Crippen LogP contribution in [0.5, 0.6) is 11.5 Å². The Morgan fingerprint density at radius 2 is 1.68 bits per heavy atom. The molecule has 0 spiro atoms. The summed E-state index contributed by atoms with van der Waals surface area (Å²) in [6, 6.07) is 18.9. The van der Waals surface area contributed by atoms with E-state index in [1.165, 1.54) is 20.3 Å². The number of fused-ring (bicyclic) bond motifs is 1. The number of anilines is 1. The summed E-state index contributed by atoms with van der Waals surface area (Å²) in [5, 5.41) is 3.93. The molecule has 0 atom stereocenters. The molecule has 7 heteroatoms. The average Bonchev–Trinajstić information content (AvgIpc) is 2.78. The lowest BCUT2D eigenvalue weighted by Crippen LogP contribution is -2.13. The SMILES string of the molecule is COc1ccc(C(=O)Nc2cc(-c3cc4ccccc4oc3=O)ccc2OC)cc1Cl. The molecule has 0 saturated heterocycles. The van der Waals surface area contributed by atoms with E-state index in [9.17, 15) is 9.59 Å². The van der Waals surface area contributed by atoms with Crippen molar-refractivity contribution in [3.63, 3.8) is 0 Å². The quantitative estimate of drug-likeness (QED) is 0.425. The molecule has 6 nitrogen and oxygen atoms in total. The number of rotatable bonds is 5. The van der Waals surface area contributed by atoms with E-state index in [-0.39, 0.29) is 5.91 Å². The van der Waals surface area contributed by atoms with Crippen molar-refractivity contribution >= 4 is 34.2 Å². The number of carbonyl (C=O) groups excluding carboxylic acids is 1. The maximum Gasteiger partial charge on any atom is 0.344 e. The third-order valence-corrected chi connectivity index (χ3v) is 5.11. The van der Waals surface area contributed by atoms with Gasteiger partial charge in [-0.1, -0.05) is 35.9 Å². The second-order valence-corrected chi connectivity index (χ2v) is 7.11. The van der Waals surface area contributed by atoms with Gasteiger partial charge in [0.15, 0.2) is 0 Å². The molecule has 0 saturated carbocycles. The van der Waals surface area contributed by atoms with Crippen molar-refractivity contribution in [1.29, 1.82) is 0 Å². The van der Waals surface area contributed by atoms with Crippen molar-refractivity contribution in [2.45, 2.75) is 0 Å². The first-order valence-electron chi connectivity index (χ1n) is 9.36. The number of hydrogen-bond acceptors (Lipinski definition) is 5. The molecule has 1 aromatic heterocycles. The Balaban J connectivity index is 1.71. The lowest BCUT2D eigenvalue weighted by atomic mass is 10.0. The zero-order chi connectivity index (χ0) is 22.0. The maximum absolute atomic E-state index is 12.8. The topological polar surface area (TPSA) is 77.8 Å². The Kier molecular flexibility index (Phi) is 5.64. The molecule has 0 fully saturated rings. The second kappa shape index (κ2) is 8.53. The summed E-state index contributed by atoms with van der Waals surface area (Å²) in [6.07, 6.45) is 0. The number of halogens is 1. The summed E-state index contributed by atoms with van der Waals surface area (Å²) < 4.78 is 15.9. The number of hydrogen-bond donors (Lipinski definition) is 1. The Labute approximate surface area is 183 Å². The normalized spacial score (nSPS) is 10.7. The summed E-state index contributed by atoms with van der Waals surface area (Å²) in [7, 11) is 3.00. The summed E-state index contributed by atoms with van der Waals surface area (Å²) >= 11 is 6.13. The lowest BCUT2D eigenvalue weighted by Gasteiger charge is -2.13. The molecule has 4 aromatic rings. The Morgan fingerprint density at radius 3 is 2.42 bits per heavy atom. The van der Waals surface area contributed by atoms with Gasteiger partial charge in [0.1, 0.15) is 17.1 Å². The van der Waals surface area contributed by atoms with Gasteiger partial charge >= 0.3 is 5.63 Å². The second-order valence-electron chi connectivity index (χ2n) is 6.70. The molecule has 0 aliphatic carbocycles. The van der Waals surface area contributed by atoms with Crippen molar-refractivity contribution in [2.24, 2.45) is 0 Å². The van der Waals surface area contributed by atoms with E-state index < -0.39 is 5.63 Å². The van der Waals surface area contributed by atoms with E-state index in [1.54, 1.807) is 48.5 Å². The number of carbonyl (C=O) groups is 1. The van der Waals surface area contributed by atoms with Crippen LogP contribution in [0.2, 0.25) is 5.02 Å². The fraction of sp³-hybridized carbons (Fsp3) is 0.0833. The lowest BCUT2D eigenvalue weighted by molar-refractivity contribution is 0.102. The van der Waals surface area contributed by atoms with Crippen LogP contribution in [-0.4, -0.2) is 20.1 Å². The molecule has 1 N–H and O–H groups in total. The van der Waals surface area contributed by atoms with Crippen LogP contribution in [0.4, 0.5) is 5.69 Å². The number of ether oxygens (including phenoxy) is 2. The highest BCUT2D eigenvalue weighted by Crippen LogP contribution is 2.32. The molecule has 0 unspecified atom stereocenters. The highest BCUT2D eigenvalue weighted by Gasteiger charge is 2.15. The molecule has 0 radical (unpaired) electrons. The zero-order valence-electron chi connectivity index (χ0n) is 16.8. The first-order valence-corrected chi connectivity index (χ1v) is 9.74. The highest BCUT2D eigenvalue weighted by molar-refractivity contribution is 6.32. The van der Waals surface area contributed by atoms with Gasteiger partial charge in [-0.2, -0.15) is 0 Å². The summed E-state index contributed by atoms with van der Waals surface area (Å²) in [5.41, 5.74) is 1.76. The molecular weight excluding hydrogens is 418 g/mol. The van der Waals surface area contributed by atoms with Crippen LogP contribution in [0.3, 0.4) is 0 Å². The molecule has 0 aliphatic heterocycles. The van der Waals surface area contributed by atoms with Crippen molar-refractivity contribution in [2.75, 3.05) is 19.5 Å². The van der Waals surface area contributed by atoms with Crippen molar-refractivity contribution in [3.8, 4) is 22.6 Å². The highest BCUT2D eigenvalue weighted by atomic mass is 35.5. The third-order valence-electron chi connectivity index (χ3n) is 4.81. The van der Waals surface area contributed by atoms with Gasteiger partial charge in [-0.15, -0.1) is 0 Å². The van der Waals surface area contributed by atoms with Gasteiger partial charge in [0.05, 0.1) is 30.5 Å². The number of benzene rings is 3. The van der Waals surface area contributed by atoms with Crippen LogP contribution in [0.25, 0.3) is 22.1 Å². The van der Waals surface area contributed by atoms with Crippen LogP contribution in [0.1, 0.15) is 10.4 Å². The molecule has 0 aliphatic rings. The fourth-order valence-corrected chi connectivity index (χ4v) is 3.50. The number of nitrogens with one attached hydrogen (secondary N) is 1. The summed E-state index contributed by atoms with van der Waals surface area (Å²) in [6.45, 7) is 0. The molecule has 31 heavy (non-hydrogen) atoms. The van der Waals surface area contributed by atoms with E-state index >= 15 is 0 Å². The molecule has 0 bridgehead atoms. The first kappa shape index (κ1) is 20.5. The molecule has 156 valence electrons. The first-order chi connectivity index (χ1) is 15.0. The minimum Gasteiger partial charge on any atom is -0.495 e. The molecule has 1 amide bonds. The molecular formula is C24H18ClNO5.